The molecule has 0 saturated heterocycles. The van der Waals surface area contributed by atoms with Crippen LogP contribution in [0.3, 0.4) is 0 Å². The molecule has 0 aromatic carbocycles. The van der Waals surface area contributed by atoms with Gasteiger partial charge in [-0.15, -0.1) is 0 Å². The molecule has 0 aliphatic heterocycles. The van der Waals surface area contributed by atoms with E-state index in [0.717, 1.165) is 0 Å². The largest absolute Gasteiger partial charge is 3.00 e. The molecule has 0 fully saturated rings. The SMILES string of the molecule is CC(C)O.[Al+3].[O-2]. The fraction of sp³-hybridized carbons (Fsp3) is 1.00. The maximum Gasteiger partial charge on any atom is 3.00 e. The van der Waals surface area contributed by atoms with E-state index in [4.69, 9.17) is 5.11 Å². The standard InChI is InChI=1S/C3H8O.Al.O/c1-3(2)4;;/h3-4H,1-2H3;;/q;+3;-2. The molecule has 3 heteroatoms. The van der Waals surface area contributed by atoms with Gasteiger partial charge in [0.25, 0.3) is 0 Å². The second-order valence-electron chi connectivity index (χ2n) is 1.09. The second-order valence-corrected chi connectivity index (χ2v) is 1.09. The van der Waals surface area contributed by atoms with Gasteiger partial charge in [0.15, 0.2) is 0 Å². The van der Waals surface area contributed by atoms with Crippen molar-refractivity contribution in [2.45, 2.75) is 20.0 Å². The minimum absolute atomic E-state index is 0. The van der Waals surface area contributed by atoms with Gasteiger partial charge in [-0.1, -0.05) is 0 Å². The first kappa shape index (κ1) is 16.1. The third kappa shape index (κ3) is 259. The van der Waals surface area contributed by atoms with E-state index in [1.165, 1.54) is 0 Å². The van der Waals surface area contributed by atoms with Crippen LogP contribution in [-0.4, -0.2) is 28.6 Å². The Kier molecular flexibility index (Phi) is 24.3. The quantitative estimate of drug-likeness (QED) is 0.427. The number of aliphatic hydroxyl groups is 1. The van der Waals surface area contributed by atoms with E-state index in [1.54, 1.807) is 13.8 Å². The van der Waals surface area contributed by atoms with E-state index in [9.17, 15) is 0 Å². The summed E-state index contributed by atoms with van der Waals surface area (Å²) in [6.45, 7) is 3.44. The van der Waals surface area contributed by atoms with Crippen molar-refractivity contribution in [1.82, 2.24) is 0 Å². The molecule has 1 N–H and O–H groups in total. The Bertz CT molecular complexity index is 13.5. The number of rotatable bonds is 0. The number of hydrogen-bond acceptors (Lipinski definition) is 1. The molecule has 0 unspecified atom stereocenters. The van der Waals surface area contributed by atoms with Crippen molar-refractivity contribution in [2.24, 2.45) is 0 Å². The summed E-state index contributed by atoms with van der Waals surface area (Å²) in [4.78, 5) is 0. The van der Waals surface area contributed by atoms with Crippen molar-refractivity contribution in [2.75, 3.05) is 0 Å². The van der Waals surface area contributed by atoms with Gasteiger partial charge in [0, 0.05) is 6.10 Å². The molecule has 0 amide bonds. The summed E-state index contributed by atoms with van der Waals surface area (Å²) in [6.07, 6.45) is -0.167. The molecular formula is C3H8AlO2+. The van der Waals surface area contributed by atoms with Crippen LogP contribution in [0.4, 0.5) is 0 Å². The Morgan fingerprint density at radius 1 is 1.33 bits per heavy atom. The van der Waals surface area contributed by atoms with Crippen LogP contribution in [0.5, 0.6) is 0 Å². The molecular weight excluding hydrogens is 95.0 g/mol. The Morgan fingerprint density at radius 2 is 1.33 bits per heavy atom. The van der Waals surface area contributed by atoms with Crippen molar-refractivity contribution >= 4 is 17.4 Å². The van der Waals surface area contributed by atoms with Gasteiger partial charge >= 0.3 is 17.4 Å². The predicted molar refractivity (Wildman–Crippen MR) is 23.8 cm³/mol. The first-order valence-corrected chi connectivity index (χ1v) is 1.41. The van der Waals surface area contributed by atoms with Crippen LogP contribution < -0.4 is 0 Å². The molecule has 0 radical (unpaired) electrons. The van der Waals surface area contributed by atoms with E-state index < -0.39 is 0 Å². The van der Waals surface area contributed by atoms with Crippen molar-refractivity contribution in [3.05, 3.63) is 0 Å². The zero-order chi connectivity index (χ0) is 3.58. The summed E-state index contributed by atoms with van der Waals surface area (Å²) in [7, 11) is 0. The predicted octanol–water partition coefficient (Wildman–Crippen LogP) is -0.112. The van der Waals surface area contributed by atoms with E-state index in [2.05, 4.69) is 0 Å². The second kappa shape index (κ2) is 9.07. The van der Waals surface area contributed by atoms with Gasteiger partial charge in [-0.3, -0.25) is 0 Å². The van der Waals surface area contributed by atoms with Crippen LogP contribution in [0.25, 0.3) is 0 Å². The third-order valence-electron chi connectivity index (χ3n) is 0. The van der Waals surface area contributed by atoms with Gasteiger partial charge in [0.05, 0.1) is 0 Å². The summed E-state index contributed by atoms with van der Waals surface area (Å²) in [5.74, 6) is 0. The topological polar surface area (TPSA) is 48.7 Å². The van der Waals surface area contributed by atoms with Gasteiger partial charge in [-0.25, -0.2) is 0 Å². The third-order valence-corrected chi connectivity index (χ3v) is 0. The molecule has 0 aliphatic carbocycles. The molecule has 6 heavy (non-hydrogen) atoms. The minimum atomic E-state index is -0.167. The summed E-state index contributed by atoms with van der Waals surface area (Å²) in [6, 6.07) is 0. The smallest absolute Gasteiger partial charge is 2.00 e. The van der Waals surface area contributed by atoms with E-state index in [-0.39, 0.29) is 28.9 Å². The van der Waals surface area contributed by atoms with Crippen LogP contribution in [0.15, 0.2) is 0 Å². The molecule has 0 saturated carbocycles. The minimum Gasteiger partial charge on any atom is -2.00 e. The van der Waals surface area contributed by atoms with Crippen LogP contribution in [-0.2, 0) is 5.48 Å². The first-order chi connectivity index (χ1) is 1.73. The molecule has 0 rings (SSSR count). The average molecular weight is 103 g/mol. The normalized spacial score (nSPS) is 6.00. The Balaban J connectivity index is -0.0000000450. The number of aliphatic hydroxyl groups excluding tert-OH is 1. The van der Waals surface area contributed by atoms with Gasteiger partial charge in [0.2, 0.25) is 0 Å². The molecule has 0 heterocycles. The molecule has 34 valence electrons. The molecule has 2 nitrogen and oxygen atoms in total. The Morgan fingerprint density at radius 3 is 1.33 bits per heavy atom. The van der Waals surface area contributed by atoms with Gasteiger partial charge in [0.1, 0.15) is 0 Å². The van der Waals surface area contributed by atoms with E-state index in [0.29, 0.717) is 0 Å². The van der Waals surface area contributed by atoms with Gasteiger partial charge < -0.3 is 10.6 Å². The molecule has 0 spiro atoms. The van der Waals surface area contributed by atoms with E-state index in [1.807, 2.05) is 0 Å². The van der Waals surface area contributed by atoms with Crippen LogP contribution in [0.2, 0.25) is 0 Å². The summed E-state index contributed by atoms with van der Waals surface area (Å²) >= 11 is 0. The zero-order valence-electron chi connectivity index (χ0n) is 4.01. The maximum absolute atomic E-state index is 8.06. The fourth-order valence-corrected chi connectivity index (χ4v) is 0. The van der Waals surface area contributed by atoms with Gasteiger partial charge in [-0.2, -0.15) is 0 Å². The van der Waals surface area contributed by atoms with Crippen molar-refractivity contribution in [3.8, 4) is 0 Å². The molecule has 0 bridgehead atoms. The molecule has 0 aromatic rings. The molecule has 0 aromatic heterocycles. The van der Waals surface area contributed by atoms with Crippen molar-refractivity contribution < 1.29 is 10.6 Å². The first-order valence-electron chi connectivity index (χ1n) is 1.41. The van der Waals surface area contributed by atoms with E-state index >= 15 is 0 Å². The molecule has 0 atom stereocenters. The molecule has 0 aliphatic rings. The van der Waals surface area contributed by atoms with Crippen LogP contribution in [0, 0.1) is 0 Å². The van der Waals surface area contributed by atoms with Crippen LogP contribution in [0.1, 0.15) is 13.8 Å². The Hall–Kier alpha value is 0.452. The monoisotopic (exact) mass is 103 g/mol. The summed E-state index contributed by atoms with van der Waals surface area (Å²) < 4.78 is 0. The van der Waals surface area contributed by atoms with Gasteiger partial charge in [-0.05, 0) is 13.8 Å². The van der Waals surface area contributed by atoms with Crippen molar-refractivity contribution in [3.63, 3.8) is 0 Å². The number of hydrogen-bond donors (Lipinski definition) is 1. The van der Waals surface area contributed by atoms with Crippen LogP contribution >= 0.6 is 0 Å². The summed E-state index contributed by atoms with van der Waals surface area (Å²) in [5, 5.41) is 8.06. The van der Waals surface area contributed by atoms with Crippen molar-refractivity contribution in [1.29, 1.82) is 0 Å². The maximum atomic E-state index is 8.06. The zero-order valence-corrected chi connectivity index (χ0v) is 5.16. The summed E-state index contributed by atoms with van der Waals surface area (Å²) in [5.41, 5.74) is 0. The average Bonchev–Trinajstić information content (AvgIpc) is 0.811. The fourth-order valence-electron chi connectivity index (χ4n) is 0. The Labute approximate surface area is 48.6 Å².